The molecule has 10 nitrogen and oxygen atoms in total. The van der Waals surface area contributed by atoms with Gasteiger partial charge < -0.3 is 19.7 Å². The Morgan fingerprint density at radius 3 is 2.67 bits per heavy atom. The van der Waals surface area contributed by atoms with Crippen LogP contribution in [-0.4, -0.2) is 63.4 Å². The Morgan fingerprint density at radius 1 is 1.17 bits per heavy atom. The fourth-order valence-corrected chi connectivity index (χ4v) is 3.46. The first-order valence-electron chi connectivity index (χ1n) is 9.64. The van der Waals surface area contributed by atoms with Gasteiger partial charge in [0.1, 0.15) is 11.5 Å². The number of aromatic nitrogens is 5. The van der Waals surface area contributed by atoms with E-state index in [0.717, 1.165) is 18.7 Å². The lowest BCUT2D eigenvalue weighted by molar-refractivity contribution is 0.193. The third-order valence-electron chi connectivity index (χ3n) is 5.10. The quantitative estimate of drug-likeness (QED) is 0.665. The van der Waals surface area contributed by atoms with E-state index in [2.05, 4.69) is 30.5 Å². The first-order chi connectivity index (χ1) is 14.7. The highest BCUT2D eigenvalue weighted by atomic mass is 16.5. The number of benzene rings is 1. The Morgan fingerprint density at radius 2 is 1.97 bits per heavy atom. The highest BCUT2D eigenvalue weighted by Crippen LogP contribution is 2.30. The van der Waals surface area contributed by atoms with Crippen LogP contribution in [-0.2, 0) is 0 Å². The molecule has 2 amide bonds. The Bertz CT molecular complexity index is 1000. The van der Waals surface area contributed by atoms with E-state index in [4.69, 9.17) is 9.47 Å². The van der Waals surface area contributed by atoms with Crippen LogP contribution < -0.4 is 14.8 Å². The number of carbonyl (C=O) groups excluding carboxylic acids is 1. The van der Waals surface area contributed by atoms with Gasteiger partial charge >= 0.3 is 6.03 Å². The van der Waals surface area contributed by atoms with Crippen molar-refractivity contribution in [3.63, 3.8) is 0 Å². The van der Waals surface area contributed by atoms with Gasteiger partial charge in [-0.1, -0.05) is 0 Å². The molecule has 156 valence electrons. The van der Waals surface area contributed by atoms with Crippen molar-refractivity contribution < 1.29 is 14.3 Å². The van der Waals surface area contributed by atoms with Crippen LogP contribution in [0.15, 0.2) is 36.8 Å². The van der Waals surface area contributed by atoms with E-state index in [1.54, 1.807) is 55.9 Å². The second kappa shape index (κ2) is 8.76. The Hall–Kier alpha value is -3.69. The largest absolute Gasteiger partial charge is 0.493 e. The maximum atomic E-state index is 12.6. The van der Waals surface area contributed by atoms with E-state index in [9.17, 15) is 4.79 Å². The molecule has 0 aliphatic carbocycles. The molecule has 0 spiro atoms. The van der Waals surface area contributed by atoms with Crippen LogP contribution in [0.25, 0.3) is 11.5 Å². The molecule has 1 aliphatic heterocycles. The maximum Gasteiger partial charge on any atom is 0.321 e. The van der Waals surface area contributed by atoms with Crippen LogP contribution in [0.2, 0.25) is 0 Å². The number of amides is 2. The molecule has 0 saturated carbocycles. The molecule has 4 rings (SSSR count). The number of ether oxygens (including phenoxy) is 2. The molecule has 0 radical (unpaired) electrons. The minimum atomic E-state index is -0.140. The van der Waals surface area contributed by atoms with Gasteiger partial charge in [-0.3, -0.25) is 10.1 Å². The summed E-state index contributed by atoms with van der Waals surface area (Å²) < 4.78 is 10.5. The van der Waals surface area contributed by atoms with Gasteiger partial charge in [0.2, 0.25) is 5.82 Å². The minimum absolute atomic E-state index is 0.140. The van der Waals surface area contributed by atoms with Gasteiger partial charge in [0.25, 0.3) is 0 Å². The molecule has 1 fully saturated rings. The van der Waals surface area contributed by atoms with Crippen molar-refractivity contribution in [2.24, 2.45) is 0 Å². The van der Waals surface area contributed by atoms with Crippen LogP contribution in [0.1, 0.15) is 24.6 Å². The second-order valence-corrected chi connectivity index (χ2v) is 6.90. The number of nitrogens with zero attached hydrogens (tertiary/aromatic N) is 5. The van der Waals surface area contributed by atoms with E-state index in [1.165, 1.54) is 0 Å². The van der Waals surface area contributed by atoms with Crippen LogP contribution in [0.3, 0.4) is 0 Å². The Balaban J connectivity index is 1.34. The van der Waals surface area contributed by atoms with Gasteiger partial charge in [0.15, 0.2) is 11.5 Å². The highest BCUT2D eigenvalue weighted by molar-refractivity contribution is 5.89. The standard InChI is InChI=1S/C20H23N7O3/c1-29-16-4-3-14(11-17(16)30-2)23-20(28)27-9-5-13(6-10-27)18-24-19(26-25-18)15-12-21-7-8-22-15/h3-4,7-8,11-13H,5-6,9-10H2,1-2H3,(H,23,28)(H,24,25,26). The zero-order valence-electron chi connectivity index (χ0n) is 16.8. The van der Waals surface area contributed by atoms with Gasteiger partial charge in [-0.15, -0.1) is 0 Å². The summed E-state index contributed by atoms with van der Waals surface area (Å²) in [4.78, 5) is 27.3. The molecule has 3 aromatic rings. The predicted octanol–water partition coefficient (Wildman–Crippen LogP) is 2.69. The SMILES string of the molecule is COc1ccc(NC(=O)N2CCC(c3nc(-c4cnccn4)n[nH]3)CC2)cc1OC. The average Bonchev–Trinajstić information content (AvgIpc) is 3.30. The van der Waals surface area contributed by atoms with E-state index < -0.39 is 0 Å². The molecule has 0 bridgehead atoms. The number of hydrogen-bond donors (Lipinski definition) is 2. The summed E-state index contributed by atoms with van der Waals surface area (Å²) >= 11 is 0. The van der Waals surface area contributed by atoms with E-state index in [1.807, 2.05) is 0 Å². The molecule has 2 N–H and O–H groups in total. The first-order valence-corrected chi connectivity index (χ1v) is 9.64. The number of methoxy groups -OCH3 is 2. The summed E-state index contributed by atoms with van der Waals surface area (Å²) in [5.74, 6) is 2.75. The molecule has 1 aliphatic rings. The van der Waals surface area contributed by atoms with Crippen molar-refractivity contribution in [3.8, 4) is 23.0 Å². The van der Waals surface area contributed by atoms with Gasteiger partial charge in [-0.05, 0) is 25.0 Å². The summed E-state index contributed by atoms with van der Waals surface area (Å²) in [6.45, 7) is 1.26. The molecule has 1 saturated heterocycles. The molecule has 1 aromatic carbocycles. The van der Waals surface area contributed by atoms with Crippen LogP contribution >= 0.6 is 0 Å². The number of urea groups is 1. The van der Waals surface area contributed by atoms with Crippen molar-refractivity contribution in [2.75, 3.05) is 32.6 Å². The van der Waals surface area contributed by atoms with Gasteiger partial charge in [-0.25, -0.2) is 14.8 Å². The van der Waals surface area contributed by atoms with Crippen molar-refractivity contribution in [1.82, 2.24) is 30.0 Å². The lowest BCUT2D eigenvalue weighted by Crippen LogP contribution is -2.40. The molecular formula is C20H23N7O3. The highest BCUT2D eigenvalue weighted by Gasteiger charge is 2.26. The number of rotatable bonds is 5. The molecule has 0 unspecified atom stereocenters. The third kappa shape index (κ3) is 4.17. The lowest BCUT2D eigenvalue weighted by atomic mass is 9.96. The van der Waals surface area contributed by atoms with Crippen LogP contribution in [0.5, 0.6) is 11.5 Å². The van der Waals surface area contributed by atoms with Crippen LogP contribution in [0.4, 0.5) is 10.5 Å². The number of likely N-dealkylation sites (tertiary alicyclic amines) is 1. The second-order valence-electron chi connectivity index (χ2n) is 6.90. The van der Waals surface area contributed by atoms with Crippen LogP contribution in [0, 0.1) is 0 Å². The number of H-pyrrole nitrogens is 1. The molecule has 30 heavy (non-hydrogen) atoms. The summed E-state index contributed by atoms with van der Waals surface area (Å²) in [7, 11) is 3.14. The fraction of sp³-hybridized carbons (Fsp3) is 0.350. The normalized spacial score (nSPS) is 14.4. The summed E-state index contributed by atoms with van der Waals surface area (Å²) in [6, 6.07) is 5.15. The number of piperidine rings is 1. The van der Waals surface area contributed by atoms with Crippen molar-refractivity contribution in [1.29, 1.82) is 0 Å². The van der Waals surface area contributed by atoms with Crippen molar-refractivity contribution >= 4 is 11.7 Å². The molecule has 3 heterocycles. The van der Waals surface area contributed by atoms with Gasteiger partial charge in [0.05, 0.1) is 20.4 Å². The maximum absolute atomic E-state index is 12.6. The predicted molar refractivity (Wildman–Crippen MR) is 110 cm³/mol. The number of nitrogens with one attached hydrogen (secondary N) is 2. The smallest absolute Gasteiger partial charge is 0.321 e. The van der Waals surface area contributed by atoms with Crippen molar-refractivity contribution in [3.05, 3.63) is 42.6 Å². The van der Waals surface area contributed by atoms with E-state index in [-0.39, 0.29) is 11.9 Å². The third-order valence-corrected chi connectivity index (χ3v) is 5.10. The summed E-state index contributed by atoms with van der Waals surface area (Å²) in [6.07, 6.45) is 6.46. The summed E-state index contributed by atoms with van der Waals surface area (Å²) in [5, 5.41) is 10.2. The fourth-order valence-electron chi connectivity index (χ4n) is 3.46. The molecule has 10 heteroatoms. The number of hydrogen-bond acceptors (Lipinski definition) is 7. The Kier molecular flexibility index (Phi) is 5.73. The first kappa shape index (κ1) is 19.6. The zero-order valence-corrected chi connectivity index (χ0v) is 16.8. The lowest BCUT2D eigenvalue weighted by Gasteiger charge is -2.31. The van der Waals surface area contributed by atoms with Gasteiger partial charge in [-0.2, -0.15) is 5.10 Å². The van der Waals surface area contributed by atoms with Crippen molar-refractivity contribution in [2.45, 2.75) is 18.8 Å². The molecule has 2 aromatic heterocycles. The topological polar surface area (TPSA) is 118 Å². The van der Waals surface area contributed by atoms with E-state index in [0.29, 0.717) is 41.8 Å². The van der Waals surface area contributed by atoms with Gasteiger partial charge in [0, 0.05) is 43.2 Å². The number of carbonyl (C=O) groups is 1. The minimum Gasteiger partial charge on any atom is -0.493 e. The summed E-state index contributed by atoms with van der Waals surface area (Å²) in [5.41, 5.74) is 1.29. The monoisotopic (exact) mass is 409 g/mol. The molecule has 0 atom stereocenters. The average molecular weight is 409 g/mol. The zero-order chi connectivity index (χ0) is 20.9. The van der Waals surface area contributed by atoms with E-state index >= 15 is 0 Å². The Labute approximate surface area is 173 Å². The number of anilines is 1. The number of aromatic amines is 1. The molecular weight excluding hydrogens is 386 g/mol.